The number of nitrogens with zero attached hydrogens (tertiary/aromatic N) is 2. The molecule has 19 heavy (non-hydrogen) atoms. The van der Waals surface area contributed by atoms with Crippen molar-refractivity contribution in [2.24, 2.45) is 11.5 Å². The van der Waals surface area contributed by atoms with Gasteiger partial charge in [-0.2, -0.15) is 0 Å². The Hall–Kier alpha value is -1.75. The number of nitrogens with two attached hydrogens (primary N) is 2. The first-order chi connectivity index (χ1) is 8.07. The zero-order valence-electron chi connectivity index (χ0n) is 10.9. The van der Waals surface area contributed by atoms with Crippen molar-refractivity contribution >= 4 is 46.9 Å². The number of nitrogens with one attached hydrogen (secondary N) is 2. The smallest absolute Gasteiger partial charge is 0.323 e. The van der Waals surface area contributed by atoms with Gasteiger partial charge in [0.25, 0.3) is 0 Å². The quantitative estimate of drug-likeness (QED) is 0.185. The molecule has 0 spiro atoms. The second-order valence-corrected chi connectivity index (χ2v) is 3.27. The van der Waals surface area contributed by atoms with Crippen molar-refractivity contribution in [1.29, 1.82) is 10.8 Å². The van der Waals surface area contributed by atoms with E-state index in [2.05, 4.69) is 0 Å². The summed E-state index contributed by atoms with van der Waals surface area (Å²) in [7, 11) is 2.88. The van der Waals surface area contributed by atoms with Crippen LogP contribution >= 0.6 is 0 Å². The second-order valence-electron chi connectivity index (χ2n) is 3.27. The third-order valence-electron chi connectivity index (χ3n) is 1.57. The fourth-order valence-electron chi connectivity index (χ4n) is 0.576. The Labute approximate surface area is 126 Å². The predicted molar refractivity (Wildman–Crippen MR) is 70.1 cm³/mol. The van der Waals surface area contributed by atoms with Crippen LogP contribution in [0.1, 0.15) is 0 Å². The Balaban J connectivity index is -0.000000256. The Kier molecular flexibility index (Phi) is 13.4. The van der Waals surface area contributed by atoms with Crippen LogP contribution in [0.3, 0.4) is 0 Å². The molecule has 0 aliphatic rings. The summed E-state index contributed by atoms with van der Waals surface area (Å²) >= 11 is 0. The lowest BCUT2D eigenvalue weighted by Crippen LogP contribution is -2.36. The highest BCUT2D eigenvalue weighted by molar-refractivity contribution is 5.80. The summed E-state index contributed by atoms with van der Waals surface area (Å²) in [5.74, 6) is -2.46. The fraction of sp³-hybridized carbons (Fsp3) is 0.500. The van der Waals surface area contributed by atoms with Crippen LogP contribution in [0.15, 0.2) is 0 Å². The van der Waals surface area contributed by atoms with Crippen molar-refractivity contribution in [1.82, 2.24) is 9.80 Å². The SMILES string of the molecule is CN(CC(=O)O)C(=N)N.CN(CC(=O)O)C(=N)N.[Mg]. The van der Waals surface area contributed by atoms with E-state index < -0.39 is 11.9 Å². The van der Waals surface area contributed by atoms with Gasteiger partial charge < -0.3 is 31.5 Å². The fourth-order valence-corrected chi connectivity index (χ4v) is 0.576. The zero-order valence-corrected chi connectivity index (χ0v) is 12.3. The first-order valence-electron chi connectivity index (χ1n) is 4.61. The molecule has 0 aromatic rings. The van der Waals surface area contributed by atoms with E-state index in [4.69, 9.17) is 32.5 Å². The first kappa shape index (κ1) is 22.4. The zero-order chi connectivity index (χ0) is 14.9. The third-order valence-corrected chi connectivity index (χ3v) is 1.57. The topological polar surface area (TPSA) is 181 Å². The molecule has 8 N–H and O–H groups in total. The van der Waals surface area contributed by atoms with Crippen LogP contribution < -0.4 is 11.5 Å². The van der Waals surface area contributed by atoms with E-state index in [1.165, 1.54) is 14.1 Å². The monoisotopic (exact) mass is 286 g/mol. The molecule has 0 aliphatic carbocycles. The average molecular weight is 287 g/mol. The summed E-state index contributed by atoms with van der Waals surface area (Å²) in [6.45, 7) is -0.454. The molecule has 0 unspecified atom stereocenters. The van der Waals surface area contributed by atoms with Crippen LogP contribution in [0.4, 0.5) is 0 Å². The standard InChI is InChI=1S/2C4H9N3O2.Mg/c2*1-7(4(5)6)2-3(8)9;/h2*2H2,1H3,(H3,5,6)(H,8,9);. The summed E-state index contributed by atoms with van der Waals surface area (Å²) in [5.41, 5.74) is 9.86. The number of rotatable bonds is 4. The minimum Gasteiger partial charge on any atom is -0.480 e. The molecule has 0 fully saturated rings. The molecule has 0 bridgehead atoms. The number of likely N-dealkylation sites (N-methyl/N-ethyl adjacent to an activating group) is 2. The van der Waals surface area contributed by atoms with Gasteiger partial charge in [-0.05, 0) is 0 Å². The largest absolute Gasteiger partial charge is 0.480 e. The molecule has 106 valence electrons. The van der Waals surface area contributed by atoms with Crippen molar-refractivity contribution in [2.75, 3.05) is 27.2 Å². The molecule has 11 heteroatoms. The predicted octanol–water partition coefficient (Wildman–Crippen LogP) is -2.59. The maximum Gasteiger partial charge on any atom is 0.323 e. The van der Waals surface area contributed by atoms with Gasteiger partial charge >= 0.3 is 11.9 Å². The lowest BCUT2D eigenvalue weighted by molar-refractivity contribution is -0.138. The summed E-state index contributed by atoms with van der Waals surface area (Å²) < 4.78 is 0. The molecule has 0 amide bonds. The van der Waals surface area contributed by atoms with Gasteiger partial charge in [0.05, 0.1) is 0 Å². The van der Waals surface area contributed by atoms with Crippen LogP contribution in [-0.4, -0.2) is 94.1 Å². The van der Waals surface area contributed by atoms with Gasteiger partial charge in [-0.3, -0.25) is 20.4 Å². The van der Waals surface area contributed by atoms with Gasteiger partial charge in [-0.15, -0.1) is 0 Å². The minimum atomic E-state index is -0.993. The Morgan fingerprint density at radius 3 is 1.21 bits per heavy atom. The van der Waals surface area contributed by atoms with Crippen LogP contribution in [0.25, 0.3) is 0 Å². The normalized spacial score (nSPS) is 8.11. The van der Waals surface area contributed by atoms with Gasteiger partial charge in [0.2, 0.25) is 0 Å². The van der Waals surface area contributed by atoms with E-state index in [-0.39, 0.29) is 48.1 Å². The van der Waals surface area contributed by atoms with E-state index in [0.717, 1.165) is 9.80 Å². The molecule has 0 aliphatic heterocycles. The molecule has 0 atom stereocenters. The van der Waals surface area contributed by atoms with E-state index in [0.29, 0.717) is 0 Å². The van der Waals surface area contributed by atoms with Crippen molar-refractivity contribution in [3.8, 4) is 0 Å². The van der Waals surface area contributed by atoms with E-state index in [1.54, 1.807) is 0 Å². The maximum atomic E-state index is 9.92. The van der Waals surface area contributed by atoms with Gasteiger partial charge in [0.1, 0.15) is 13.1 Å². The number of carboxylic acid groups (broad SMARTS) is 2. The molecule has 0 saturated heterocycles. The Morgan fingerprint density at radius 1 is 0.947 bits per heavy atom. The molecule has 0 heterocycles. The van der Waals surface area contributed by atoms with Crippen molar-refractivity contribution in [3.63, 3.8) is 0 Å². The first-order valence-corrected chi connectivity index (χ1v) is 4.61. The molecule has 0 aromatic heterocycles. The molecule has 0 aromatic carbocycles. The van der Waals surface area contributed by atoms with E-state index in [1.807, 2.05) is 0 Å². The number of hydrogen-bond donors (Lipinski definition) is 6. The minimum absolute atomic E-state index is 0. The molecule has 0 rings (SSSR count). The summed E-state index contributed by atoms with van der Waals surface area (Å²) in [6, 6.07) is 0. The summed E-state index contributed by atoms with van der Waals surface area (Å²) in [6.07, 6.45) is 0. The summed E-state index contributed by atoms with van der Waals surface area (Å²) in [4.78, 5) is 22.1. The van der Waals surface area contributed by atoms with Crippen molar-refractivity contribution in [3.05, 3.63) is 0 Å². The van der Waals surface area contributed by atoms with Gasteiger partial charge in [0.15, 0.2) is 11.9 Å². The van der Waals surface area contributed by atoms with Gasteiger partial charge in [-0.25, -0.2) is 0 Å². The third kappa shape index (κ3) is 16.2. The van der Waals surface area contributed by atoms with Crippen LogP contribution in [-0.2, 0) is 9.59 Å². The van der Waals surface area contributed by atoms with E-state index >= 15 is 0 Å². The molecular weight excluding hydrogens is 268 g/mol. The summed E-state index contributed by atoms with van der Waals surface area (Å²) in [5, 5.41) is 29.7. The molecule has 0 saturated carbocycles. The van der Waals surface area contributed by atoms with Crippen molar-refractivity contribution < 1.29 is 19.8 Å². The lowest BCUT2D eigenvalue weighted by atomic mass is 10.6. The molecule has 10 nitrogen and oxygen atoms in total. The Morgan fingerprint density at radius 2 is 1.16 bits per heavy atom. The van der Waals surface area contributed by atoms with Crippen LogP contribution in [0.2, 0.25) is 0 Å². The van der Waals surface area contributed by atoms with Crippen LogP contribution in [0, 0.1) is 10.8 Å². The highest BCUT2D eigenvalue weighted by atomic mass is 24.3. The second kappa shape index (κ2) is 11.3. The highest BCUT2D eigenvalue weighted by Gasteiger charge is 2.03. The number of hydrogen-bond acceptors (Lipinski definition) is 4. The Bertz CT molecular complexity index is 305. The maximum absolute atomic E-state index is 9.92. The molecular formula is C8H18MgN6O4. The van der Waals surface area contributed by atoms with Gasteiger partial charge in [0, 0.05) is 37.1 Å². The number of carbonyl (C=O) groups is 2. The number of guanidine groups is 2. The molecule has 2 radical (unpaired) electrons. The van der Waals surface area contributed by atoms with Crippen LogP contribution in [0.5, 0.6) is 0 Å². The number of carboxylic acids is 2. The highest BCUT2D eigenvalue weighted by Crippen LogP contribution is 1.77. The lowest BCUT2D eigenvalue weighted by Gasteiger charge is -2.12. The average Bonchev–Trinajstić information content (AvgIpc) is 2.16. The van der Waals surface area contributed by atoms with E-state index in [9.17, 15) is 9.59 Å². The van der Waals surface area contributed by atoms with Gasteiger partial charge in [-0.1, -0.05) is 0 Å². The number of aliphatic carboxylic acids is 2. The van der Waals surface area contributed by atoms with Crippen molar-refractivity contribution in [2.45, 2.75) is 0 Å².